The molecule has 27 heavy (non-hydrogen) atoms. The number of hydrogen-bond donors (Lipinski definition) is 1. The SMILES string of the molecule is COc1ccc(N([C@H](C)C(=O)NCc2ccc(F)cc2)S(C)(=O)=O)cc1Cl. The first-order valence-corrected chi connectivity index (χ1v) is 10.2. The molecular weight excluding hydrogens is 395 g/mol. The highest BCUT2D eigenvalue weighted by molar-refractivity contribution is 7.92. The molecule has 1 atom stereocenters. The second-order valence-corrected chi connectivity index (χ2v) is 8.16. The Labute approximate surface area is 162 Å². The third kappa shape index (κ3) is 5.33. The summed E-state index contributed by atoms with van der Waals surface area (Å²) in [6.07, 6.45) is 1.01. The normalized spacial score (nSPS) is 12.3. The van der Waals surface area contributed by atoms with Gasteiger partial charge in [-0.05, 0) is 42.8 Å². The molecule has 2 aromatic carbocycles. The summed E-state index contributed by atoms with van der Waals surface area (Å²) in [5.41, 5.74) is 0.933. The first kappa shape index (κ1) is 21.0. The molecule has 0 unspecified atom stereocenters. The number of ether oxygens (including phenoxy) is 1. The summed E-state index contributed by atoms with van der Waals surface area (Å²) in [5.74, 6) is -0.489. The molecule has 0 fully saturated rings. The van der Waals surface area contributed by atoms with Crippen molar-refractivity contribution in [2.75, 3.05) is 17.7 Å². The quantitative estimate of drug-likeness (QED) is 0.755. The number of rotatable bonds is 7. The van der Waals surface area contributed by atoms with Crippen molar-refractivity contribution in [2.24, 2.45) is 0 Å². The number of nitrogens with zero attached hydrogens (tertiary/aromatic N) is 1. The smallest absolute Gasteiger partial charge is 0.243 e. The summed E-state index contributed by atoms with van der Waals surface area (Å²) in [4.78, 5) is 12.5. The van der Waals surface area contributed by atoms with Crippen molar-refractivity contribution in [1.82, 2.24) is 5.32 Å². The lowest BCUT2D eigenvalue weighted by Gasteiger charge is -2.28. The first-order chi connectivity index (χ1) is 12.6. The van der Waals surface area contributed by atoms with Crippen molar-refractivity contribution in [2.45, 2.75) is 19.5 Å². The van der Waals surface area contributed by atoms with Crippen LogP contribution in [-0.4, -0.2) is 33.7 Å². The largest absolute Gasteiger partial charge is 0.495 e. The Morgan fingerprint density at radius 2 is 1.89 bits per heavy atom. The van der Waals surface area contributed by atoms with Gasteiger partial charge in [0, 0.05) is 6.54 Å². The number of sulfonamides is 1. The van der Waals surface area contributed by atoms with Crippen LogP contribution in [0.4, 0.5) is 10.1 Å². The number of nitrogens with one attached hydrogen (secondary N) is 1. The predicted molar refractivity (Wildman–Crippen MR) is 103 cm³/mol. The van der Waals surface area contributed by atoms with E-state index in [1.54, 1.807) is 0 Å². The number of hydrogen-bond acceptors (Lipinski definition) is 4. The third-order valence-corrected chi connectivity index (χ3v) is 5.40. The van der Waals surface area contributed by atoms with Crippen LogP contribution in [0.15, 0.2) is 42.5 Å². The van der Waals surface area contributed by atoms with Crippen LogP contribution < -0.4 is 14.4 Å². The van der Waals surface area contributed by atoms with E-state index in [-0.39, 0.29) is 23.1 Å². The lowest BCUT2D eigenvalue weighted by atomic mass is 10.2. The van der Waals surface area contributed by atoms with Gasteiger partial charge >= 0.3 is 0 Å². The number of carbonyl (C=O) groups excluding carboxylic acids is 1. The minimum absolute atomic E-state index is 0.143. The molecule has 0 aliphatic heterocycles. The molecule has 0 saturated carbocycles. The second kappa shape index (κ2) is 8.58. The Morgan fingerprint density at radius 1 is 1.26 bits per heavy atom. The van der Waals surface area contributed by atoms with E-state index in [2.05, 4.69) is 5.32 Å². The number of carbonyl (C=O) groups is 1. The van der Waals surface area contributed by atoms with E-state index in [1.807, 2.05) is 0 Å². The molecular formula is C18H20ClFN2O4S. The first-order valence-electron chi connectivity index (χ1n) is 7.98. The highest BCUT2D eigenvalue weighted by Gasteiger charge is 2.29. The molecule has 0 spiro atoms. The van der Waals surface area contributed by atoms with Crippen molar-refractivity contribution in [3.8, 4) is 5.75 Å². The number of anilines is 1. The van der Waals surface area contributed by atoms with Crippen LogP contribution in [-0.2, 0) is 21.4 Å². The van der Waals surface area contributed by atoms with Gasteiger partial charge in [0.15, 0.2) is 0 Å². The predicted octanol–water partition coefficient (Wildman–Crippen LogP) is 2.96. The van der Waals surface area contributed by atoms with Gasteiger partial charge in [-0.15, -0.1) is 0 Å². The second-order valence-electron chi connectivity index (χ2n) is 5.90. The summed E-state index contributed by atoms with van der Waals surface area (Å²) in [6.45, 7) is 1.61. The third-order valence-electron chi connectivity index (χ3n) is 3.86. The van der Waals surface area contributed by atoms with Crippen LogP contribution in [0.25, 0.3) is 0 Å². The average Bonchev–Trinajstić information content (AvgIpc) is 2.60. The summed E-state index contributed by atoms with van der Waals surface area (Å²) in [5, 5.41) is 2.88. The molecule has 0 bridgehead atoms. The van der Waals surface area contributed by atoms with Crippen LogP contribution in [0, 0.1) is 5.82 Å². The van der Waals surface area contributed by atoms with E-state index in [0.717, 1.165) is 10.6 Å². The molecule has 146 valence electrons. The Bertz CT molecular complexity index is 919. The lowest BCUT2D eigenvalue weighted by molar-refractivity contribution is -0.122. The highest BCUT2D eigenvalue weighted by Crippen LogP contribution is 2.31. The zero-order valence-corrected chi connectivity index (χ0v) is 16.6. The molecule has 0 saturated heterocycles. The van der Waals surface area contributed by atoms with Crippen LogP contribution in [0.3, 0.4) is 0 Å². The van der Waals surface area contributed by atoms with E-state index in [1.165, 1.54) is 56.5 Å². The molecule has 1 amide bonds. The maximum absolute atomic E-state index is 12.9. The monoisotopic (exact) mass is 414 g/mol. The molecule has 1 N–H and O–H groups in total. The standard InChI is InChI=1S/C18H20ClFN2O4S/c1-12(18(23)21-11-13-4-6-14(20)7-5-13)22(27(3,24)25)15-8-9-17(26-2)16(19)10-15/h4-10,12H,11H2,1-3H3,(H,21,23)/t12-/m1/s1. The number of methoxy groups -OCH3 is 1. The minimum atomic E-state index is -3.76. The van der Waals surface area contributed by atoms with Crippen LogP contribution >= 0.6 is 11.6 Å². The van der Waals surface area contributed by atoms with Crippen LogP contribution in [0.1, 0.15) is 12.5 Å². The molecule has 0 aliphatic rings. The summed E-state index contributed by atoms with van der Waals surface area (Å²) >= 11 is 6.08. The fraction of sp³-hybridized carbons (Fsp3) is 0.278. The molecule has 0 aliphatic carbocycles. The maximum Gasteiger partial charge on any atom is 0.243 e. The van der Waals surface area contributed by atoms with E-state index in [0.29, 0.717) is 11.3 Å². The molecule has 0 radical (unpaired) electrons. The fourth-order valence-corrected chi connectivity index (χ4v) is 3.96. The minimum Gasteiger partial charge on any atom is -0.495 e. The molecule has 9 heteroatoms. The van der Waals surface area contributed by atoms with Gasteiger partial charge in [0.2, 0.25) is 15.9 Å². The van der Waals surface area contributed by atoms with Gasteiger partial charge in [-0.3, -0.25) is 9.10 Å². The van der Waals surface area contributed by atoms with Crippen molar-refractivity contribution < 1.29 is 22.3 Å². The number of benzene rings is 2. The Balaban J connectivity index is 2.21. The van der Waals surface area contributed by atoms with E-state index < -0.39 is 22.0 Å². The zero-order valence-electron chi connectivity index (χ0n) is 15.1. The van der Waals surface area contributed by atoms with Gasteiger partial charge in [0.25, 0.3) is 0 Å². The van der Waals surface area contributed by atoms with Gasteiger partial charge in [0.05, 0.1) is 24.1 Å². The Morgan fingerprint density at radius 3 is 2.41 bits per heavy atom. The van der Waals surface area contributed by atoms with Gasteiger partial charge in [-0.2, -0.15) is 0 Å². The van der Waals surface area contributed by atoms with Gasteiger partial charge in [-0.25, -0.2) is 12.8 Å². The van der Waals surface area contributed by atoms with E-state index >= 15 is 0 Å². The van der Waals surface area contributed by atoms with Gasteiger partial charge in [0.1, 0.15) is 17.6 Å². The van der Waals surface area contributed by atoms with Crippen LogP contribution in [0.5, 0.6) is 5.75 Å². The lowest BCUT2D eigenvalue weighted by Crippen LogP contribution is -2.47. The molecule has 0 heterocycles. The van der Waals surface area contributed by atoms with Crippen molar-refractivity contribution >= 4 is 33.2 Å². The van der Waals surface area contributed by atoms with E-state index in [9.17, 15) is 17.6 Å². The van der Waals surface area contributed by atoms with Crippen LogP contribution in [0.2, 0.25) is 5.02 Å². The maximum atomic E-state index is 12.9. The fourth-order valence-electron chi connectivity index (χ4n) is 2.54. The number of halogens is 2. The zero-order chi connectivity index (χ0) is 20.2. The topological polar surface area (TPSA) is 75.7 Å². The summed E-state index contributed by atoms with van der Waals surface area (Å²) in [6, 6.07) is 9.08. The van der Waals surface area contributed by atoms with E-state index in [4.69, 9.17) is 16.3 Å². The Kier molecular flexibility index (Phi) is 6.67. The number of amides is 1. The van der Waals surface area contributed by atoms with Gasteiger partial charge in [-0.1, -0.05) is 23.7 Å². The molecule has 2 rings (SSSR count). The molecule has 0 aromatic heterocycles. The highest BCUT2D eigenvalue weighted by atomic mass is 35.5. The summed E-state index contributed by atoms with van der Waals surface area (Å²) in [7, 11) is -2.32. The molecule has 6 nitrogen and oxygen atoms in total. The summed E-state index contributed by atoms with van der Waals surface area (Å²) < 4.78 is 43.6. The van der Waals surface area contributed by atoms with Gasteiger partial charge < -0.3 is 10.1 Å². The average molecular weight is 415 g/mol. The molecule has 2 aromatic rings. The Hall–Kier alpha value is -2.32. The van der Waals surface area contributed by atoms with Crippen molar-refractivity contribution in [1.29, 1.82) is 0 Å². The van der Waals surface area contributed by atoms with Crippen molar-refractivity contribution in [3.05, 3.63) is 58.9 Å². The van der Waals surface area contributed by atoms with Crippen molar-refractivity contribution in [3.63, 3.8) is 0 Å².